The summed E-state index contributed by atoms with van der Waals surface area (Å²) >= 11 is 1.49. The minimum atomic E-state index is -1.52. The Kier molecular flexibility index (Phi) is 31.0. The molecule has 2 saturated heterocycles. The maximum absolute atomic E-state index is 15.0. The Morgan fingerprint density at radius 3 is 1.91 bits per heavy atom. The fourth-order valence-electron chi connectivity index (χ4n) is 12.2. The van der Waals surface area contributed by atoms with Gasteiger partial charge in [0.1, 0.15) is 34.8 Å². The first-order valence-electron chi connectivity index (χ1n) is 34.1. The minimum Gasteiger partial charge on any atom is -0.444 e. The van der Waals surface area contributed by atoms with Gasteiger partial charge in [-0.25, -0.2) is 19.4 Å². The highest BCUT2D eigenvalue weighted by molar-refractivity contribution is 7.09. The highest BCUT2D eigenvalue weighted by Crippen LogP contribution is 2.33. The normalized spacial score (nSPS) is 17.8. The van der Waals surface area contributed by atoms with Crippen LogP contribution in [0, 0.1) is 35.5 Å². The van der Waals surface area contributed by atoms with Crippen molar-refractivity contribution in [3.8, 4) is 0 Å². The first-order valence-corrected chi connectivity index (χ1v) is 34.9. The highest BCUT2D eigenvalue weighted by atomic mass is 32.1. The van der Waals surface area contributed by atoms with Crippen LogP contribution in [-0.4, -0.2) is 193 Å². The lowest BCUT2D eigenvalue weighted by Crippen LogP contribution is -2.60. The Morgan fingerprint density at radius 1 is 0.742 bits per heavy atom. The smallest absolute Gasteiger partial charge is 0.408 e. The van der Waals surface area contributed by atoms with E-state index in [2.05, 4.69) is 47.1 Å². The number of anilines is 1. The number of carbonyl (C=O) groups is 10. The van der Waals surface area contributed by atoms with Gasteiger partial charge in [-0.1, -0.05) is 118 Å². The second-order valence-electron chi connectivity index (χ2n) is 27.9. The minimum absolute atomic E-state index is 0.0468. The third-order valence-corrected chi connectivity index (χ3v) is 19.2. The van der Waals surface area contributed by atoms with Crippen LogP contribution >= 0.6 is 11.3 Å². The zero-order valence-electron chi connectivity index (χ0n) is 59.7. The maximum Gasteiger partial charge on any atom is 0.408 e. The Hall–Kier alpha value is -7.91. The molecule has 97 heavy (non-hydrogen) atoms. The predicted molar refractivity (Wildman–Crippen MR) is 371 cm³/mol. The average Bonchev–Trinajstić information content (AvgIpc) is 1.81. The van der Waals surface area contributed by atoms with Crippen LogP contribution in [0.4, 0.5) is 20.1 Å². The van der Waals surface area contributed by atoms with Crippen molar-refractivity contribution < 1.29 is 62.2 Å². The molecule has 9 N–H and O–H groups in total. The van der Waals surface area contributed by atoms with Gasteiger partial charge in [0.2, 0.25) is 41.5 Å². The SMILES string of the molecule is CC[C@H](C)[C@@H]([C@@H](CC(=O)N1CCC[C@H]1[C@H](C)[C@@H](C)C(=O)N[C@@H](Cc1ccccc1)c1nccs1)OC)N(C)C(=O)[C@@H](NC(=O)[C@@H](NC(=O)OC(C(=O)N1CCN(C)CC1)c1ccc(NC(=O)[C@H](CCCNC(N)=O)NC(=O)[C@@H](NC(=O)OC(C)(C)C)C(C)C)cc1)C(C)C)C(C)C. The number of hydrogen-bond acceptors (Lipinski definition) is 16. The summed E-state index contributed by atoms with van der Waals surface area (Å²) in [4.78, 5) is 151. The van der Waals surface area contributed by atoms with Crippen LogP contribution in [0.15, 0.2) is 66.2 Å². The number of rotatable bonds is 33. The Morgan fingerprint density at radius 2 is 1.35 bits per heavy atom. The van der Waals surface area contributed by atoms with Crippen LogP contribution < -0.4 is 43.0 Å². The summed E-state index contributed by atoms with van der Waals surface area (Å²) in [6.45, 7) is 25.8. The number of methoxy groups -OCH3 is 1. The Bertz CT molecular complexity index is 3070. The number of nitrogens with one attached hydrogen (secondary N) is 7. The van der Waals surface area contributed by atoms with Crippen molar-refractivity contribution in [2.75, 3.05) is 65.8 Å². The second kappa shape index (κ2) is 37.7. The number of hydrogen-bond donors (Lipinski definition) is 8. The molecule has 0 spiro atoms. The summed E-state index contributed by atoms with van der Waals surface area (Å²) in [7, 11) is 5.09. The van der Waals surface area contributed by atoms with Gasteiger partial charge in [0.15, 0.2) is 0 Å². The first kappa shape index (κ1) is 79.8. The number of amides is 11. The van der Waals surface area contributed by atoms with Crippen LogP contribution in [0.2, 0.25) is 0 Å². The molecule has 11 amide bonds. The quantitative estimate of drug-likeness (QED) is 0.0287. The number of likely N-dealkylation sites (tertiary alicyclic amines) is 1. The van der Waals surface area contributed by atoms with E-state index < -0.39 is 119 Å². The van der Waals surface area contributed by atoms with Crippen molar-refractivity contribution in [2.24, 2.45) is 41.2 Å². The molecule has 27 heteroatoms. The Labute approximate surface area is 577 Å². The molecule has 2 aromatic carbocycles. The first-order chi connectivity index (χ1) is 45.7. The van der Waals surface area contributed by atoms with Gasteiger partial charge in [-0.15, -0.1) is 11.3 Å². The number of piperazine rings is 1. The molecule has 2 aliphatic heterocycles. The van der Waals surface area contributed by atoms with Crippen LogP contribution in [0.25, 0.3) is 0 Å². The van der Waals surface area contributed by atoms with E-state index in [-0.39, 0.29) is 72.8 Å². The van der Waals surface area contributed by atoms with Crippen LogP contribution in [0.5, 0.6) is 0 Å². The number of carbonyl (C=O) groups excluding carboxylic acids is 10. The maximum atomic E-state index is 15.0. The van der Waals surface area contributed by atoms with Gasteiger partial charge in [-0.05, 0) is 107 Å². The largest absolute Gasteiger partial charge is 0.444 e. The molecular weight excluding hydrogens is 1260 g/mol. The molecule has 0 radical (unpaired) electrons. The summed E-state index contributed by atoms with van der Waals surface area (Å²) in [5.74, 6) is -5.47. The van der Waals surface area contributed by atoms with Gasteiger partial charge in [0.05, 0.1) is 24.6 Å². The second-order valence-corrected chi connectivity index (χ2v) is 28.8. The lowest BCUT2D eigenvalue weighted by atomic mass is 9.86. The molecule has 0 aliphatic carbocycles. The molecule has 0 bridgehead atoms. The molecular formula is C70H109N13O13S. The number of thiazole rings is 1. The standard InChI is InChI=1S/C70H109N13O13S/c1-17-44(8)58(53(94-16)40-54(84)83-33-22-26-52(83)45(9)46(10)60(85)76-51(64-72-32-38-97-64)39-47-23-19-18-20-24-47)81(15)65(89)57(43(6)7)77-63(88)56(42(4)5)78-68(92)95-59(66(90)82-36-34-80(14)35-37-82)48-27-29-49(30-28-48)74-61(86)50(25-21-31-73-67(71)91)75-62(87)55(41(2)3)79-69(93)96-70(11,12)13/h18-20,23-24,27-30,32,38,41-46,50-53,55-59H,17,21-22,25-26,31,33-37,39-40H2,1-16H3,(H,74,86)(H,75,87)(H,76,85)(H,77,88)(H,78,92)(H,79,93)(H3,71,73,91)/t44-,45+,46+,50-,51-,52-,53+,55-,56-,57-,58-,59?/m0/s1. The summed E-state index contributed by atoms with van der Waals surface area (Å²) in [5.41, 5.74) is 5.97. The van der Waals surface area contributed by atoms with Gasteiger partial charge in [-0.2, -0.15) is 0 Å². The van der Waals surface area contributed by atoms with Crippen LogP contribution in [0.3, 0.4) is 0 Å². The number of aromatic nitrogens is 1. The fraction of sp³-hybridized carbons (Fsp3) is 0.643. The van der Waals surface area contributed by atoms with E-state index in [9.17, 15) is 47.9 Å². The van der Waals surface area contributed by atoms with Gasteiger partial charge < -0.3 is 76.8 Å². The number of ether oxygens (including phenoxy) is 3. The van der Waals surface area contributed by atoms with E-state index in [0.717, 1.165) is 23.4 Å². The molecule has 1 unspecified atom stereocenters. The van der Waals surface area contributed by atoms with Gasteiger partial charge in [0.25, 0.3) is 5.91 Å². The van der Waals surface area contributed by atoms with Gasteiger partial charge in [0, 0.05) is 88.2 Å². The summed E-state index contributed by atoms with van der Waals surface area (Å²) in [6.07, 6.45) is 0.448. The van der Waals surface area contributed by atoms with E-state index in [4.69, 9.17) is 19.9 Å². The predicted octanol–water partition coefficient (Wildman–Crippen LogP) is 6.91. The number of primary amides is 1. The molecule has 3 aromatic rings. The van der Waals surface area contributed by atoms with E-state index in [1.165, 1.54) is 42.7 Å². The Balaban J connectivity index is 1.29. The zero-order chi connectivity index (χ0) is 72.0. The molecule has 2 aliphatic rings. The van der Waals surface area contributed by atoms with E-state index in [0.29, 0.717) is 45.6 Å². The number of likely N-dealkylation sites (N-methyl/N-ethyl adjacent to an activating group) is 2. The van der Waals surface area contributed by atoms with Crippen molar-refractivity contribution in [2.45, 2.75) is 195 Å². The van der Waals surface area contributed by atoms with E-state index in [1.54, 1.807) is 85.4 Å². The lowest BCUT2D eigenvalue weighted by molar-refractivity contribution is -0.146. The fourth-order valence-corrected chi connectivity index (χ4v) is 12.9. The summed E-state index contributed by atoms with van der Waals surface area (Å²) in [5, 5.41) is 22.1. The summed E-state index contributed by atoms with van der Waals surface area (Å²) < 4.78 is 17.5. The van der Waals surface area contributed by atoms with Crippen molar-refractivity contribution >= 4 is 76.6 Å². The third kappa shape index (κ3) is 24.0. The monoisotopic (exact) mass is 1370 g/mol. The number of nitrogens with zero attached hydrogens (tertiary/aromatic N) is 5. The van der Waals surface area contributed by atoms with E-state index >= 15 is 0 Å². The topological polar surface area (TPSA) is 334 Å². The zero-order valence-corrected chi connectivity index (χ0v) is 60.5. The van der Waals surface area contributed by atoms with Crippen LogP contribution in [0.1, 0.15) is 157 Å². The third-order valence-electron chi connectivity index (χ3n) is 18.3. The number of urea groups is 1. The number of nitrogens with two attached hydrogens (primary N) is 1. The van der Waals surface area contributed by atoms with Crippen molar-refractivity contribution in [1.29, 1.82) is 0 Å². The van der Waals surface area contributed by atoms with E-state index in [1.807, 2.05) is 75.4 Å². The molecule has 26 nitrogen and oxygen atoms in total. The van der Waals surface area contributed by atoms with Crippen molar-refractivity contribution in [3.63, 3.8) is 0 Å². The van der Waals surface area contributed by atoms with Gasteiger partial charge >= 0.3 is 18.2 Å². The molecule has 2 fully saturated rings. The number of alkyl carbamates (subject to hydrolysis) is 2. The molecule has 12 atom stereocenters. The average molecular weight is 1370 g/mol. The molecule has 3 heterocycles. The highest BCUT2D eigenvalue weighted by Gasteiger charge is 2.43. The molecule has 5 rings (SSSR count). The molecule has 538 valence electrons. The van der Waals surface area contributed by atoms with Crippen LogP contribution in [-0.2, 0) is 54.2 Å². The van der Waals surface area contributed by atoms with Crippen molar-refractivity contribution in [1.82, 2.24) is 56.5 Å². The van der Waals surface area contributed by atoms with Crippen molar-refractivity contribution in [3.05, 3.63) is 82.3 Å². The summed E-state index contributed by atoms with van der Waals surface area (Å²) in [6, 6.07) is 9.40. The molecule has 0 saturated carbocycles. The molecule has 1 aromatic heterocycles. The number of benzene rings is 2. The van der Waals surface area contributed by atoms with Gasteiger partial charge in [-0.3, -0.25) is 33.6 Å². The lowest BCUT2D eigenvalue weighted by Gasteiger charge is -2.41.